The van der Waals surface area contributed by atoms with E-state index in [1.165, 1.54) is 6.92 Å². The highest BCUT2D eigenvalue weighted by Gasteiger charge is 2.19. The second-order valence-electron chi connectivity index (χ2n) is 6.82. The van der Waals surface area contributed by atoms with Crippen LogP contribution in [0.1, 0.15) is 48.2 Å². The van der Waals surface area contributed by atoms with Gasteiger partial charge >= 0.3 is 5.97 Å². The van der Waals surface area contributed by atoms with E-state index in [0.29, 0.717) is 23.6 Å². The number of carbonyl (C=O) groups is 3. The number of esters is 1. The number of nitrogens with one attached hydrogen (secondary N) is 1. The van der Waals surface area contributed by atoms with Crippen molar-refractivity contribution in [2.75, 3.05) is 11.9 Å². The molecule has 1 N–H and O–H groups in total. The standard InChI is InChI=1S/C23H27NO5/c1-5-28-19-10-8-18(9-11-19)24-23(27)17(4)29-22(26)13-12-21(25)20-14-15(2)6-7-16(20)3/h6-11,14,17H,5,12-13H2,1-4H3,(H,24,27)/t17-/m1/s1. The van der Waals surface area contributed by atoms with E-state index in [1.807, 2.05) is 39.0 Å². The van der Waals surface area contributed by atoms with Gasteiger partial charge in [0.05, 0.1) is 13.0 Å². The minimum atomic E-state index is -0.968. The molecule has 1 amide bonds. The van der Waals surface area contributed by atoms with Gasteiger partial charge in [0.15, 0.2) is 11.9 Å². The molecule has 2 rings (SSSR count). The first-order valence-electron chi connectivity index (χ1n) is 9.63. The number of ether oxygens (including phenoxy) is 2. The van der Waals surface area contributed by atoms with Crippen LogP contribution >= 0.6 is 0 Å². The Balaban J connectivity index is 1.82. The zero-order valence-electron chi connectivity index (χ0n) is 17.3. The third-order valence-corrected chi connectivity index (χ3v) is 4.36. The second kappa shape index (κ2) is 10.4. The second-order valence-corrected chi connectivity index (χ2v) is 6.82. The van der Waals surface area contributed by atoms with Gasteiger partial charge in [-0.25, -0.2) is 0 Å². The van der Waals surface area contributed by atoms with Crippen molar-refractivity contribution < 1.29 is 23.9 Å². The summed E-state index contributed by atoms with van der Waals surface area (Å²) in [6.07, 6.45) is -1.01. The van der Waals surface area contributed by atoms with Gasteiger partial charge in [0.1, 0.15) is 5.75 Å². The Bertz CT molecular complexity index is 873. The first kappa shape index (κ1) is 22.1. The lowest BCUT2D eigenvalue weighted by molar-refractivity contribution is -0.153. The molecule has 0 aliphatic carbocycles. The summed E-state index contributed by atoms with van der Waals surface area (Å²) in [4.78, 5) is 36.6. The van der Waals surface area contributed by atoms with Crippen LogP contribution < -0.4 is 10.1 Å². The maximum atomic E-state index is 12.4. The van der Waals surface area contributed by atoms with Crippen molar-refractivity contribution >= 4 is 23.3 Å². The fourth-order valence-corrected chi connectivity index (χ4v) is 2.74. The van der Waals surface area contributed by atoms with Gasteiger partial charge in [-0.2, -0.15) is 0 Å². The Morgan fingerprint density at radius 2 is 1.69 bits per heavy atom. The summed E-state index contributed by atoms with van der Waals surface area (Å²) >= 11 is 0. The molecule has 154 valence electrons. The molecule has 0 fully saturated rings. The van der Waals surface area contributed by atoms with Crippen molar-refractivity contribution in [2.45, 2.75) is 46.6 Å². The van der Waals surface area contributed by atoms with Crippen LogP contribution in [0.15, 0.2) is 42.5 Å². The summed E-state index contributed by atoms with van der Waals surface area (Å²) in [7, 11) is 0. The molecular weight excluding hydrogens is 370 g/mol. The predicted molar refractivity (Wildman–Crippen MR) is 111 cm³/mol. The molecule has 29 heavy (non-hydrogen) atoms. The van der Waals surface area contributed by atoms with E-state index < -0.39 is 18.0 Å². The fourth-order valence-electron chi connectivity index (χ4n) is 2.74. The molecule has 6 nitrogen and oxygen atoms in total. The van der Waals surface area contributed by atoms with Crippen molar-refractivity contribution in [3.8, 4) is 5.75 Å². The average Bonchev–Trinajstić information content (AvgIpc) is 2.69. The average molecular weight is 397 g/mol. The van der Waals surface area contributed by atoms with Gasteiger partial charge in [-0.3, -0.25) is 14.4 Å². The summed E-state index contributed by atoms with van der Waals surface area (Å²) in [5.74, 6) is -0.436. The van der Waals surface area contributed by atoms with Crippen molar-refractivity contribution in [2.24, 2.45) is 0 Å². The number of amides is 1. The Labute approximate surface area is 171 Å². The molecule has 0 aliphatic heterocycles. The zero-order valence-corrected chi connectivity index (χ0v) is 17.3. The maximum absolute atomic E-state index is 12.4. The maximum Gasteiger partial charge on any atom is 0.307 e. The molecule has 0 aliphatic rings. The highest BCUT2D eigenvalue weighted by atomic mass is 16.5. The Morgan fingerprint density at radius 1 is 1.00 bits per heavy atom. The highest BCUT2D eigenvalue weighted by molar-refractivity contribution is 5.99. The van der Waals surface area contributed by atoms with Crippen molar-refractivity contribution in [3.63, 3.8) is 0 Å². The molecule has 0 aromatic heterocycles. The van der Waals surface area contributed by atoms with Crippen LogP contribution in [0.3, 0.4) is 0 Å². The molecule has 0 spiro atoms. The number of anilines is 1. The van der Waals surface area contributed by atoms with E-state index in [4.69, 9.17) is 9.47 Å². The number of carbonyl (C=O) groups excluding carboxylic acids is 3. The van der Waals surface area contributed by atoms with Crippen molar-refractivity contribution in [1.82, 2.24) is 0 Å². The number of hydrogen-bond donors (Lipinski definition) is 1. The van der Waals surface area contributed by atoms with E-state index in [1.54, 1.807) is 24.3 Å². The van der Waals surface area contributed by atoms with E-state index in [0.717, 1.165) is 11.1 Å². The highest BCUT2D eigenvalue weighted by Crippen LogP contribution is 2.17. The van der Waals surface area contributed by atoms with Gasteiger partial charge in [0.25, 0.3) is 5.91 Å². The van der Waals surface area contributed by atoms with Gasteiger partial charge in [-0.05, 0) is 63.6 Å². The largest absolute Gasteiger partial charge is 0.494 e. The lowest BCUT2D eigenvalue weighted by Gasteiger charge is -2.14. The summed E-state index contributed by atoms with van der Waals surface area (Å²) in [5.41, 5.74) is 3.05. The molecule has 0 saturated carbocycles. The SMILES string of the molecule is CCOc1ccc(NC(=O)[C@@H](C)OC(=O)CCC(=O)c2cc(C)ccc2C)cc1. The number of rotatable bonds is 9. The lowest BCUT2D eigenvalue weighted by Crippen LogP contribution is -2.30. The normalized spacial score (nSPS) is 11.4. The third-order valence-electron chi connectivity index (χ3n) is 4.36. The van der Waals surface area contributed by atoms with Crippen LogP contribution in [0.5, 0.6) is 5.75 Å². The van der Waals surface area contributed by atoms with Gasteiger partial charge in [-0.15, -0.1) is 0 Å². The van der Waals surface area contributed by atoms with E-state index in [2.05, 4.69) is 5.32 Å². The molecule has 2 aromatic carbocycles. The first-order valence-corrected chi connectivity index (χ1v) is 9.63. The van der Waals surface area contributed by atoms with Gasteiger partial charge in [0.2, 0.25) is 0 Å². The smallest absolute Gasteiger partial charge is 0.307 e. The summed E-state index contributed by atoms with van der Waals surface area (Å²) in [5, 5.41) is 2.68. The minimum absolute atomic E-state index is 0.0381. The molecule has 0 unspecified atom stereocenters. The fraction of sp³-hybridized carbons (Fsp3) is 0.348. The van der Waals surface area contributed by atoms with Crippen molar-refractivity contribution in [3.05, 3.63) is 59.2 Å². The van der Waals surface area contributed by atoms with Crippen LogP contribution in [0.25, 0.3) is 0 Å². The topological polar surface area (TPSA) is 81.7 Å². The Hall–Kier alpha value is -3.15. The lowest BCUT2D eigenvalue weighted by atomic mass is 9.99. The van der Waals surface area contributed by atoms with Crippen molar-refractivity contribution in [1.29, 1.82) is 0 Å². The predicted octanol–water partition coefficient (Wildman–Crippen LogP) is 4.24. The quantitative estimate of drug-likeness (QED) is 0.506. The first-order chi connectivity index (χ1) is 13.8. The van der Waals surface area contributed by atoms with Gasteiger partial charge in [0, 0.05) is 17.7 Å². The molecule has 0 heterocycles. The number of Topliss-reactive ketones (excluding diaryl/α,β-unsaturated/α-hetero) is 1. The van der Waals surface area contributed by atoms with Crippen LogP contribution in [-0.4, -0.2) is 30.4 Å². The monoisotopic (exact) mass is 397 g/mol. The minimum Gasteiger partial charge on any atom is -0.494 e. The van der Waals surface area contributed by atoms with Gasteiger partial charge in [-0.1, -0.05) is 17.7 Å². The van der Waals surface area contributed by atoms with Crippen LogP contribution in [0, 0.1) is 13.8 Å². The molecule has 0 radical (unpaired) electrons. The summed E-state index contributed by atoms with van der Waals surface area (Å²) < 4.78 is 10.5. The zero-order chi connectivity index (χ0) is 21.4. The molecule has 6 heteroatoms. The molecule has 2 aromatic rings. The van der Waals surface area contributed by atoms with E-state index in [-0.39, 0.29) is 18.6 Å². The number of ketones is 1. The molecule has 0 bridgehead atoms. The summed E-state index contributed by atoms with van der Waals surface area (Å²) in [6.45, 7) is 7.72. The molecule has 0 saturated heterocycles. The number of aryl methyl sites for hydroxylation is 2. The van der Waals surface area contributed by atoms with Crippen LogP contribution in [-0.2, 0) is 14.3 Å². The van der Waals surface area contributed by atoms with Crippen LogP contribution in [0.2, 0.25) is 0 Å². The molecular formula is C23H27NO5. The molecule has 1 atom stereocenters. The summed E-state index contributed by atoms with van der Waals surface area (Å²) in [6, 6.07) is 12.5. The van der Waals surface area contributed by atoms with E-state index in [9.17, 15) is 14.4 Å². The third kappa shape index (κ3) is 6.75. The number of hydrogen-bond acceptors (Lipinski definition) is 5. The van der Waals surface area contributed by atoms with Crippen LogP contribution in [0.4, 0.5) is 5.69 Å². The van der Waals surface area contributed by atoms with E-state index >= 15 is 0 Å². The Morgan fingerprint density at radius 3 is 2.34 bits per heavy atom. The number of benzene rings is 2. The Kier molecular flexibility index (Phi) is 7.95. The van der Waals surface area contributed by atoms with Gasteiger partial charge < -0.3 is 14.8 Å².